The van der Waals surface area contributed by atoms with Gasteiger partial charge in [-0.3, -0.25) is 14.9 Å². The summed E-state index contributed by atoms with van der Waals surface area (Å²) in [7, 11) is 1.54. The van der Waals surface area contributed by atoms with E-state index in [-0.39, 0.29) is 23.2 Å². The quantitative estimate of drug-likeness (QED) is 0.286. The lowest BCUT2D eigenvalue weighted by molar-refractivity contribution is -0.384. The van der Waals surface area contributed by atoms with Gasteiger partial charge in [-0.1, -0.05) is 19.3 Å². The number of rotatable bonds is 9. The molecule has 0 unspecified atom stereocenters. The molecule has 1 aliphatic carbocycles. The van der Waals surface area contributed by atoms with Gasteiger partial charge in [0.05, 0.1) is 17.1 Å². The average molecular weight is 393 g/mol. The Labute approximate surface area is 163 Å². The van der Waals surface area contributed by atoms with E-state index in [4.69, 9.17) is 9.47 Å². The largest absolute Gasteiger partial charge is 0.449 e. The van der Waals surface area contributed by atoms with Crippen LogP contribution in [0.2, 0.25) is 0 Å². The number of nitrogens with zero attached hydrogens (tertiary/aromatic N) is 1. The molecule has 1 aromatic carbocycles. The lowest BCUT2D eigenvalue weighted by atomic mass is 9.95. The topological polar surface area (TPSA) is 120 Å². The summed E-state index contributed by atoms with van der Waals surface area (Å²) in [6.07, 6.45) is 4.16. The Balaban J connectivity index is 2.06. The SMILES string of the molecule is COCCNc1ccc([N+](=O)[O-])cc1C(=O)O[C@H](C)C(=O)NC1CCCCC1. The summed E-state index contributed by atoms with van der Waals surface area (Å²) in [6.45, 7) is 2.30. The van der Waals surface area contributed by atoms with Gasteiger partial charge in [0.1, 0.15) is 0 Å². The highest BCUT2D eigenvalue weighted by Crippen LogP contribution is 2.24. The van der Waals surface area contributed by atoms with Gasteiger partial charge in [0, 0.05) is 37.5 Å². The summed E-state index contributed by atoms with van der Waals surface area (Å²) in [4.78, 5) is 35.4. The standard InChI is InChI=1S/C19H27N3O6/c1-13(18(23)21-14-6-4-3-5-7-14)28-19(24)16-12-15(22(25)26)8-9-17(16)20-10-11-27-2/h8-9,12-14,20H,3-7,10-11H2,1-2H3,(H,21,23)/t13-/m1/s1. The van der Waals surface area contributed by atoms with Gasteiger partial charge < -0.3 is 20.1 Å². The van der Waals surface area contributed by atoms with E-state index in [1.54, 1.807) is 7.11 Å². The molecule has 1 aromatic rings. The van der Waals surface area contributed by atoms with Gasteiger partial charge in [-0.15, -0.1) is 0 Å². The van der Waals surface area contributed by atoms with Crippen LogP contribution in [0.4, 0.5) is 11.4 Å². The van der Waals surface area contributed by atoms with E-state index in [0.717, 1.165) is 31.7 Å². The molecule has 154 valence electrons. The van der Waals surface area contributed by atoms with E-state index >= 15 is 0 Å². The number of esters is 1. The second-order valence-corrected chi connectivity index (χ2v) is 6.80. The number of carbonyl (C=O) groups excluding carboxylic acids is 2. The number of methoxy groups -OCH3 is 1. The second kappa shape index (κ2) is 10.6. The molecule has 9 nitrogen and oxygen atoms in total. The zero-order valence-corrected chi connectivity index (χ0v) is 16.2. The van der Waals surface area contributed by atoms with Gasteiger partial charge in [0.2, 0.25) is 0 Å². The Morgan fingerprint density at radius 3 is 2.64 bits per heavy atom. The number of nitro groups is 1. The van der Waals surface area contributed by atoms with Crippen molar-refractivity contribution >= 4 is 23.3 Å². The number of carbonyl (C=O) groups is 2. The number of anilines is 1. The Morgan fingerprint density at radius 2 is 2.00 bits per heavy atom. The number of amides is 1. The van der Waals surface area contributed by atoms with Gasteiger partial charge in [0.15, 0.2) is 6.10 Å². The van der Waals surface area contributed by atoms with Crippen molar-refractivity contribution in [1.29, 1.82) is 0 Å². The van der Waals surface area contributed by atoms with Gasteiger partial charge in [-0.05, 0) is 25.8 Å². The van der Waals surface area contributed by atoms with Crippen LogP contribution < -0.4 is 10.6 Å². The highest BCUT2D eigenvalue weighted by molar-refractivity contribution is 5.98. The molecule has 0 heterocycles. The van der Waals surface area contributed by atoms with Crippen molar-refractivity contribution in [2.24, 2.45) is 0 Å². The molecule has 1 saturated carbocycles. The molecule has 0 bridgehead atoms. The van der Waals surface area contributed by atoms with Crippen LogP contribution >= 0.6 is 0 Å². The number of ether oxygens (including phenoxy) is 2. The summed E-state index contributed by atoms with van der Waals surface area (Å²) >= 11 is 0. The first-order valence-corrected chi connectivity index (χ1v) is 9.45. The van der Waals surface area contributed by atoms with Gasteiger partial charge >= 0.3 is 5.97 Å². The number of non-ortho nitro benzene ring substituents is 1. The summed E-state index contributed by atoms with van der Waals surface area (Å²) < 4.78 is 10.2. The highest BCUT2D eigenvalue weighted by Gasteiger charge is 2.25. The van der Waals surface area contributed by atoms with Gasteiger partial charge in [-0.25, -0.2) is 4.79 Å². The summed E-state index contributed by atoms with van der Waals surface area (Å²) in [5.74, 6) is -1.16. The third-order valence-electron chi connectivity index (χ3n) is 4.66. The van der Waals surface area contributed by atoms with Crippen molar-refractivity contribution in [2.45, 2.75) is 51.2 Å². The van der Waals surface area contributed by atoms with Crippen LogP contribution in [0.25, 0.3) is 0 Å². The van der Waals surface area contributed by atoms with Crippen molar-refractivity contribution in [3.63, 3.8) is 0 Å². The van der Waals surface area contributed by atoms with Crippen LogP contribution in [0.1, 0.15) is 49.4 Å². The Morgan fingerprint density at radius 1 is 1.29 bits per heavy atom. The molecule has 0 aromatic heterocycles. The van der Waals surface area contributed by atoms with Crippen molar-refractivity contribution in [2.75, 3.05) is 25.6 Å². The Hall–Kier alpha value is -2.68. The van der Waals surface area contributed by atoms with E-state index in [1.165, 1.54) is 25.5 Å². The number of benzene rings is 1. The lowest BCUT2D eigenvalue weighted by Gasteiger charge is -2.24. The van der Waals surface area contributed by atoms with Crippen molar-refractivity contribution < 1.29 is 24.0 Å². The number of nitro benzene ring substituents is 1. The summed E-state index contributed by atoms with van der Waals surface area (Å²) in [5.41, 5.74) is 0.152. The molecule has 2 rings (SSSR count). The Kier molecular flexibility index (Phi) is 8.19. The second-order valence-electron chi connectivity index (χ2n) is 6.80. The lowest BCUT2D eigenvalue weighted by Crippen LogP contribution is -2.42. The predicted octanol–water partition coefficient (Wildman–Crippen LogP) is 2.65. The average Bonchev–Trinajstić information content (AvgIpc) is 2.68. The summed E-state index contributed by atoms with van der Waals surface area (Å²) in [5, 5.41) is 16.9. The van der Waals surface area contributed by atoms with Crippen LogP contribution in [-0.4, -0.2) is 49.2 Å². The fourth-order valence-corrected chi connectivity index (χ4v) is 3.10. The minimum atomic E-state index is -1.000. The van der Waals surface area contributed by atoms with E-state index in [9.17, 15) is 19.7 Å². The van der Waals surface area contributed by atoms with E-state index in [0.29, 0.717) is 18.8 Å². The molecule has 1 atom stereocenters. The molecule has 1 aliphatic rings. The maximum Gasteiger partial charge on any atom is 0.341 e. The van der Waals surface area contributed by atoms with Crippen LogP contribution in [0.3, 0.4) is 0 Å². The van der Waals surface area contributed by atoms with Crippen LogP contribution in [0.15, 0.2) is 18.2 Å². The first-order chi connectivity index (χ1) is 13.4. The van der Waals surface area contributed by atoms with E-state index < -0.39 is 17.0 Å². The van der Waals surface area contributed by atoms with Gasteiger partial charge in [0.25, 0.3) is 11.6 Å². The highest BCUT2D eigenvalue weighted by atomic mass is 16.6. The molecule has 0 aliphatic heterocycles. The third-order valence-corrected chi connectivity index (χ3v) is 4.66. The van der Waals surface area contributed by atoms with Crippen LogP contribution in [0, 0.1) is 10.1 Å². The molecule has 9 heteroatoms. The van der Waals surface area contributed by atoms with Gasteiger partial charge in [-0.2, -0.15) is 0 Å². The molecule has 0 spiro atoms. The molecule has 1 amide bonds. The molecule has 1 fully saturated rings. The van der Waals surface area contributed by atoms with Crippen molar-refractivity contribution in [3.8, 4) is 0 Å². The zero-order chi connectivity index (χ0) is 20.5. The van der Waals surface area contributed by atoms with Crippen molar-refractivity contribution in [1.82, 2.24) is 5.32 Å². The minimum Gasteiger partial charge on any atom is -0.449 e. The van der Waals surface area contributed by atoms with E-state index in [2.05, 4.69) is 10.6 Å². The maximum atomic E-state index is 12.6. The molecule has 28 heavy (non-hydrogen) atoms. The minimum absolute atomic E-state index is 0.00243. The maximum absolute atomic E-state index is 12.6. The van der Waals surface area contributed by atoms with Crippen LogP contribution in [0.5, 0.6) is 0 Å². The monoisotopic (exact) mass is 393 g/mol. The molecule has 0 radical (unpaired) electrons. The zero-order valence-electron chi connectivity index (χ0n) is 16.2. The first-order valence-electron chi connectivity index (χ1n) is 9.45. The summed E-state index contributed by atoms with van der Waals surface area (Å²) in [6, 6.07) is 3.98. The van der Waals surface area contributed by atoms with Crippen LogP contribution in [-0.2, 0) is 14.3 Å². The predicted molar refractivity (Wildman–Crippen MR) is 103 cm³/mol. The molecule has 2 N–H and O–H groups in total. The fourth-order valence-electron chi connectivity index (χ4n) is 3.10. The normalized spacial score (nSPS) is 15.5. The number of hydrogen-bond donors (Lipinski definition) is 2. The van der Waals surface area contributed by atoms with E-state index in [1.807, 2.05) is 0 Å². The smallest absolute Gasteiger partial charge is 0.341 e. The fraction of sp³-hybridized carbons (Fsp3) is 0.579. The number of nitrogens with one attached hydrogen (secondary N) is 2. The first kappa shape index (κ1) is 21.6. The molecular weight excluding hydrogens is 366 g/mol. The third kappa shape index (κ3) is 6.19. The Bertz CT molecular complexity index is 703. The van der Waals surface area contributed by atoms with Crippen molar-refractivity contribution in [3.05, 3.63) is 33.9 Å². The molecule has 0 saturated heterocycles. The molecular formula is C19H27N3O6. The number of hydrogen-bond acceptors (Lipinski definition) is 7.